The second-order valence-electron chi connectivity index (χ2n) is 11.5. The van der Waals surface area contributed by atoms with Crippen molar-refractivity contribution in [1.29, 1.82) is 0 Å². The summed E-state index contributed by atoms with van der Waals surface area (Å²) in [6, 6.07) is 18.1. The second kappa shape index (κ2) is 10.9. The van der Waals surface area contributed by atoms with Gasteiger partial charge in [0.25, 0.3) is 5.91 Å². The quantitative estimate of drug-likeness (QED) is 0.324. The van der Waals surface area contributed by atoms with Crippen LogP contribution in [0, 0.1) is 5.92 Å². The highest BCUT2D eigenvalue weighted by Crippen LogP contribution is 2.38. The number of piperidine rings is 3. The highest BCUT2D eigenvalue weighted by molar-refractivity contribution is 7.12. The average Bonchev–Trinajstić information content (AvgIpc) is 3.42. The third-order valence-corrected chi connectivity index (χ3v) is 10.2. The summed E-state index contributed by atoms with van der Waals surface area (Å²) in [4.78, 5) is 27.6. The number of nitrogens with one attached hydrogen (secondary N) is 1. The van der Waals surface area contributed by atoms with Crippen LogP contribution < -0.4 is 5.32 Å². The number of benzene rings is 2. The summed E-state index contributed by atoms with van der Waals surface area (Å²) in [5.41, 5.74) is 1.75. The van der Waals surface area contributed by atoms with Gasteiger partial charge in [0, 0.05) is 18.8 Å². The Kier molecular flexibility index (Phi) is 7.31. The number of hydrogen-bond acceptors (Lipinski definition) is 5. The van der Waals surface area contributed by atoms with Gasteiger partial charge in [-0.05, 0) is 53.3 Å². The minimum absolute atomic E-state index is 0.0482. The Bertz CT molecular complexity index is 1270. The Balaban J connectivity index is 1.13. The molecule has 0 unspecified atom stereocenters. The van der Waals surface area contributed by atoms with E-state index in [0.717, 1.165) is 67.6 Å². The molecule has 1 aromatic heterocycles. The van der Waals surface area contributed by atoms with Crippen LogP contribution in [-0.2, 0) is 28.0 Å². The lowest BCUT2D eigenvalue weighted by atomic mass is 9.82. The molecule has 7 heteroatoms. The van der Waals surface area contributed by atoms with Crippen molar-refractivity contribution in [1.82, 2.24) is 5.32 Å². The maximum Gasteiger partial charge on any atom is 0.348 e. The summed E-state index contributed by atoms with van der Waals surface area (Å²) in [5.74, 6) is -0.267. The average molecular weight is 546 g/mol. The van der Waals surface area contributed by atoms with Crippen LogP contribution in [0.15, 0.2) is 66.0 Å². The largest absolute Gasteiger partial charge is 0.453 e. The molecule has 0 saturated carbocycles. The molecule has 1 amide bonds. The van der Waals surface area contributed by atoms with E-state index in [1.54, 1.807) is 35.6 Å². The predicted molar refractivity (Wildman–Crippen MR) is 152 cm³/mol. The molecule has 39 heavy (non-hydrogen) atoms. The van der Waals surface area contributed by atoms with Crippen LogP contribution in [0.25, 0.3) is 0 Å². The zero-order chi connectivity index (χ0) is 26.9. The first-order valence-corrected chi connectivity index (χ1v) is 15.1. The van der Waals surface area contributed by atoms with Crippen molar-refractivity contribution in [2.24, 2.45) is 5.92 Å². The van der Waals surface area contributed by atoms with Gasteiger partial charge in [-0.1, -0.05) is 60.7 Å². The Morgan fingerprint density at radius 3 is 2.28 bits per heavy atom. The zero-order valence-electron chi connectivity index (χ0n) is 22.3. The van der Waals surface area contributed by atoms with Gasteiger partial charge in [0.15, 0.2) is 6.10 Å². The number of carbonyl (C=O) groups is 2. The molecule has 2 aromatic carbocycles. The van der Waals surface area contributed by atoms with Gasteiger partial charge in [-0.2, -0.15) is 0 Å². The van der Waals surface area contributed by atoms with Crippen LogP contribution in [0.3, 0.4) is 0 Å². The van der Waals surface area contributed by atoms with Crippen molar-refractivity contribution in [3.8, 4) is 0 Å². The normalized spacial score (nSPS) is 24.1. The lowest BCUT2D eigenvalue weighted by Crippen LogP contribution is -2.66. The van der Waals surface area contributed by atoms with Crippen LogP contribution in [0.5, 0.6) is 0 Å². The van der Waals surface area contributed by atoms with E-state index in [-0.39, 0.29) is 12.0 Å². The minimum Gasteiger partial charge on any atom is -0.453 e. The molecule has 3 aliphatic heterocycles. The molecule has 2 N–H and O–H groups in total. The molecular formula is C32H37N2O4S+. The number of ether oxygens (including phenoxy) is 1. The number of aliphatic hydroxyl groups is 1. The Hall–Kier alpha value is -3.00. The van der Waals surface area contributed by atoms with E-state index in [1.165, 1.54) is 17.5 Å². The number of rotatable bonds is 8. The van der Waals surface area contributed by atoms with E-state index in [9.17, 15) is 14.7 Å². The SMILES string of the molecule is O=C(NCC[N+]12CCC(CC1)[C@@H](OC(=O)C(O)(c1ccccc1)c1ccccc1)C2)c1scc2c1CCCC2. The molecule has 4 heterocycles. The molecule has 6 nitrogen and oxygen atoms in total. The highest BCUT2D eigenvalue weighted by Gasteiger charge is 2.50. The standard InChI is InChI=1S/C32H36N2O4S/c35-30(29-27-14-8-7-9-24(27)22-39-29)33-17-20-34-18-15-23(16-19-34)28(21-34)38-31(36)32(37,25-10-3-1-4-11-25)26-12-5-2-6-13-26/h1-6,10-13,22-23,28,37H,7-9,14-21H2/p+1/t23?,28-,34?/m0/s1. The van der Waals surface area contributed by atoms with E-state index in [4.69, 9.17) is 4.74 Å². The molecule has 0 radical (unpaired) electrons. The molecule has 3 fully saturated rings. The zero-order valence-corrected chi connectivity index (χ0v) is 23.1. The first-order chi connectivity index (χ1) is 19.0. The van der Waals surface area contributed by atoms with Crippen LogP contribution >= 0.6 is 11.3 Å². The molecule has 2 bridgehead atoms. The Labute approximate surface area is 234 Å². The molecule has 3 aromatic rings. The molecule has 204 valence electrons. The fourth-order valence-electron chi connectivity index (χ4n) is 6.85. The van der Waals surface area contributed by atoms with Gasteiger partial charge in [-0.15, -0.1) is 11.3 Å². The van der Waals surface area contributed by atoms with Crippen molar-refractivity contribution in [2.75, 3.05) is 32.7 Å². The molecule has 0 spiro atoms. The van der Waals surface area contributed by atoms with Gasteiger partial charge in [0.1, 0.15) is 6.54 Å². The minimum atomic E-state index is -1.87. The van der Waals surface area contributed by atoms with Crippen molar-refractivity contribution >= 4 is 23.2 Å². The molecule has 3 saturated heterocycles. The van der Waals surface area contributed by atoms with Gasteiger partial charge in [-0.25, -0.2) is 4.79 Å². The van der Waals surface area contributed by atoms with Crippen LogP contribution in [0.4, 0.5) is 0 Å². The van der Waals surface area contributed by atoms with Gasteiger partial charge >= 0.3 is 5.97 Å². The third kappa shape index (κ3) is 5.04. The van der Waals surface area contributed by atoms with Crippen LogP contribution in [0.2, 0.25) is 0 Å². The maximum absolute atomic E-state index is 13.7. The topological polar surface area (TPSA) is 75.6 Å². The molecule has 4 aliphatic rings. The Morgan fingerprint density at radius 1 is 0.974 bits per heavy atom. The van der Waals surface area contributed by atoms with Crippen molar-refractivity contribution in [3.05, 3.63) is 93.2 Å². The number of esters is 1. The lowest BCUT2D eigenvalue weighted by molar-refractivity contribution is -0.945. The number of carbonyl (C=O) groups excluding carboxylic acids is 2. The van der Waals surface area contributed by atoms with E-state index in [1.807, 2.05) is 36.4 Å². The number of aryl methyl sites for hydroxylation is 1. The van der Waals surface area contributed by atoms with E-state index in [2.05, 4.69) is 10.7 Å². The third-order valence-electron chi connectivity index (χ3n) is 9.16. The number of fused-ring (bicyclic) bond motifs is 4. The van der Waals surface area contributed by atoms with Crippen molar-refractivity contribution in [3.63, 3.8) is 0 Å². The lowest BCUT2D eigenvalue weighted by Gasteiger charge is -2.52. The van der Waals surface area contributed by atoms with Crippen molar-refractivity contribution in [2.45, 2.75) is 50.2 Å². The van der Waals surface area contributed by atoms with Crippen molar-refractivity contribution < 1.29 is 23.9 Å². The number of hydrogen-bond donors (Lipinski definition) is 2. The second-order valence-corrected chi connectivity index (χ2v) is 12.3. The van der Waals surface area contributed by atoms with E-state index < -0.39 is 11.6 Å². The number of quaternary nitrogens is 1. The molecule has 1 atom stereocenters. The van der Waals surface area contributed by atoms with Gasteiger partial charge in [0.05, 0.1) is 31.1 Å². The maximum atomic E-state index is 13.7. The summed E-state index contributed by atoms with van der Waals surface area (Å²) in [7, 11) is 0. The fraction of sp³-hybridized carbons (Fsp3) is 0.438. The summed E-state index contributed by atoms with van der Waals surface area (Å²) in [6.07, 6.45) is 6.19. The monoisotopic (exact) mass is 545 g/mol. The summed E-state index contributed by atoms with van der Waals surface area (Å²) in [5, 5.41) is 17.2. The number of thiophene rings is 1. The first kappa shape index (κ1) is 26.2. The molecule has 7 rings (SSSR count). The van der Waals surface area contributed by atoms with Gasteiger partial charge in [0.2, 0.25) is 5.60 Å². The van der Waals surface area contributed by atoms with Crippen LogP contribution in [-0.4, -0.2) is 60.3 Å². The highest BCUT2D eigenvalue weighted by atomic mass is 32.1. The molecular weight excluding hydrogens is 508 g/mol. The van der Waals surface area contributed by atoms with Crippen LogP contribution in [0.1, 0.15) is 57.6 Å². The van der Waals surface area contributed by atoms with Gasteiger partial charge < -0.3 is 19.6 Å². The number of amides is 1. The summed E-state index contributed by atoms with van der Waals surface area (Å²) < 4.78 is 7.02. The predicted octanol–water partition coefficient (Wildman–Crippen LogP) is 4.45. The first-order valence-electron chi connectivity index (χ1n) is 14.3. The Morgan fingerprint density at radius 2 is 1.62 bits per heavy atom. The number of nitrogens with zero attached hydrogens (tertiary/aromatic N) is 1. The summed E-state index contributed by atoms with van der Waals surface area (Å²) >= 11 is 1.58. The fourth-order valence-corrected chi connectivity index (χ4v) is 7.92. The van der Waals surface area contributed by atoms with E-state index >= 15 is 0 Å². The molecule has 1 aliphatic carbocycles. The van der Waals surface area contributed by atoms with Gasteiger partial charge in [-0.3, -0.25) is 4.79 Å². The van der Waals surface area contributed by atoms with E-state index in [0.29, 0.717) is 23.6 Å². The smallest absolute Gasteiger partial charge is 0.348 e. The summed E-state index contributed by atoms with van der Waals surface area (Å²) in [6.45, 7) is 4.21.